The molecule has 1 aliphatic carbocycles. The predicted octanol–water partition coefficient (Wildman–Crippen LogP) is 2.83. The van der Waals surface area contributed by atoms with Crippen LogP contribution in [-0.4, -0.2) is 21.5 Å². The van der Waals surface area contributed by atoms with Crippen molar-refractivity contribution in [1.29, 1.82) is 0 Å². The lowest BCUT2D eigenvalue weighted by Crippen LogP contribution is -2.26. The summed E-state index contributed by atoms with van der Waals surface area (Å²) < 4.78 is 27.3. The van der Waals surface area contributed by atoms with Crippen LogP contribution < -0.4 is 10.0 Å². The van der Waals surface area contributed by atoms with Crippen LogP contribution in [0.4, 0.5) is 0 Å². The maximum atomic E-state index is 12.3. The molecular weight excluding hydrogens is 284 g/mol. The minimum absolute atomic E-state index is 0.212. The van der Waals surface area contributed by atoms with Gasteiger partial charge in [0.1, 0.15) is 0 Å². The quantitative estimate of drug-likeness (QED) is 0.737. The van der Waals surface area contributed by atoms with Crippen LogP contribution >= 0.6 is 0 Å². The second-order valence-electron chi connectivity index (χ2n) is 5.78. The smallest absolute Gasteiger partial charge is 0.240 e. The SMILES string of the molecule is CCCNC(CC)c1cccc(S(=O)(=O)NCC2CC2)c1. The molecule has 1 aromatic carbocycles. The zero-order valence-electron chi connectivity index (χ0n) is 12.9. The Kier molecular flexibility index (Phi) is 5.79. The van der Waals surface area contributed by atoms with Crippen molar-refractivity contribution in [2.75, 3.05) is 13.1 Å². The van der Waals surface area contributed by atoms with Crippen LogP contribution in [0.25, 0.3) is 0 Å². The van der Waals surface area contributed by atoms with E-state index < -0.39 is 10.0 Å². The molecular formula is C16H26N2O2S. The van der Waals surface area contributed by atoms with Crippen LogP contribution in [0.3, 0.4) is 0 Å². The van der Waals surface area contributed by atoms with E-state index in [0.29, 0.717) is 17.4 Å². The van der Waals surface area contributed by atoms with Gasteiger partial charge in [0.15, 0.2) is 0 Å². The summed E-state index contributed by atoms with van der Waals surface area (Å²) in [6, 6.07) is 7.51. The standard InChI is InChI=1S/C16H26N2O2S/c1-3-10-17-16(4-2)14-6-5-7-15(11-14)21(19,20)18-12-13-8-9-13/h5-7,11,13,16-18H,3-4,8-10,12H2,1-2H3. The van der Waals surface area contributed by atoms with Crippen molar-refractivity contribution in [1.82, 2.24) is 10.0 Å². The number of hydrogen-bond donors (Lipinski definition) is 2. The van der Waals surface area contributed by atoms with E-state index in [-0.39, 0.29) is 6.04 Å². The molecule has 0 aliphatic heterocycles. The molecule has 5 heteroatoms. The molecule has 4 nitrogen and oxygen atoms in total. The molecule has 0 aromatic heterocycles. The Hall–Kier alpha value is -0.910. The van der Waals surface area contributed by atoms with Crippen LogP contribution in [-0.2, 0) is 10.0 Å². The topological polar surface area (TPSA) is 58.2 Å². The molecule has 21 heavy (non-hydrogen) atoms. The summed E-state index contributed by atoms with van der Waals surface area (Å²) in [5.74, 6) is 0.539. The summed E-state index contributed by atoms with van der Waals surface area (Å²) in [6.07, 6.45) is 4.29. The molecule has 0 bridgehead atoms. The Labute approximate surface area is 128 Å². The van der Waals surface area contributed by atoms with Crippen molar-refractivity contribution >= 4 is 10.0 Å². The molecule has 1 unspecified atom stereocenters. The first kappa shape index (κ1) is 16.5. The van der Waals surface area contributed by atoms with E-state index in [2.05, 4.69) is 23.9 Å². The Morgan fingerprint density at radius 1 is 1.29 bits per heavy atom. The van der Waals surface area contributed by atoms with Gasteiger partial charge in [0, 0.05) is 12.6 Å². The minimum atomic E-state index is -3.38. The fourth-order valence-corrected chi connectivity index (χ4v) is 3.52. The highest BCUT2D eigenvalue weighted by molar-refractivity contribution is 7.89. The summed E-state index contributed by atoms with van der Waals surface area (Å²) in [5, 5.41) is 3.46. The van der Waals surface area contributed by atoms with Gasteiger partial charge in [-0.2, -0.15) is 0 Å². The second kappa shape index (κ2) is 7.38. The minimum Gasteiger partial charge on any atom is -0.310 e. The van der Waals surface area contributed by atoms with E-state index in [1.54, 1.807) is 12.1 Å². The number of benzene rings is 1. The van der Waals surface area contributed by atoms with Gasteiger partial charge in [-0.05, 0) is 55.8 Å². The summed E-state index contributed by atoms with van der Waals surface area (Å²) >= 11 is 0. The normalized spacial score (nSPS) is 16.9. The molecule has 0 heterocycles. The Bertz CT molecular complexity index is 553. The average molecular weight is 310 g/mol. The van der Waals surface area contributed by atoms with E-state index in [1.165, 1.54) is 0 Å². The number of hydrogen-bond acceptors (Lipinski definition) is 3. The largest absolute Gasteiger partial charge is 0.310 e. The fourth-order valence-electron chi connectivity index (χ4n) is 2.35. The monoisotopic (exact) mass is 310 g/mol. The van der Waals surface area contributed by atoms with E-state index in [0.717, 1.165) is 37.8 Å². The van der Waals surface area contributed by atoms with Crippen molar-refractivity contribution in [3.05, 3.63) is 29.8 Å². The molecule has 0 spiro atoms. The van der Waals surface area contributed by atoms with Gasteiger partial charge in [-0.1, -0.05) is 26.0 Å². The van der Waals surface area contributed by atoms with Gasteiger partial charge in [-0.25, -0.2) is 13.1 Å². The van der Waals surface area contributed by atoms with Crippen molar-refractivity contribution in [2.45, 2.75) is 50.5 Å². The molecule has 0 radical (unpaired) electrons. The number of rotatable bonds is 9. The first-order valence-corrected chi connectivity index (χ1v) is 9.38. The lowest BCUT2D eigenvalue weighted by atomic mass is 10.0. The van der Waals surface area contributed by atoms with Gasteiger partial charge in [-0.3, -0.25) is 0 Å². The highest BCUT2D eigenvalue weighted by Gasteiger charge is 2.24. The van der Waals surface area contributed by atoms with Gasteiger partial charge >= 0.3 is 0 Å². The van der Waals surface area contributed by atoms with Crippen LogP contribution in [0, 0.1) is 5.92 Å². The third-order valence-electron chi connectivity index (χ3n) is 3.88. The lowest BCUT2D eigenvalue weighted by Gasteiger charge is -2.18. The van der Waals surface area contributed by atoms with E-state index in [1.807, 2.05) is 12.1 Å². The molecule has 118 valence electrons. The van der Waals surface area contributed by atoms with Crippen molar-refractivity contribution < 1.29 is 8.42 Å². The molecule has 1 saturated carbocycles. The first-order chi connectivity index (χ1) is 10.1. The van der Waals surface area contributed by atoms with Gasteiger partial charge in [-0.15, -0.1) is 0 Å². The molecule has 1 atom stereocenters. The van der Waals surface area contributed by atoms with Gasteiger partial charge in [0.2, 0.25) is 10.0 Å². The van der Waals surface area contributed by atoms with Crippen molar-refractivity contribution in [2.24, 2.45) is 5.92 Å². The molecule has 1 fully saturated rings. The fraction of sp³-hybridized carbons (Fsp3) is 0.625. The zero-order valence-corrected chi connectivity index (χ0v) is 13.7. The van der Waals surface area contributed by atoms with E-state index >= 15 is 0 Å². The maximum absolute atomic E-state index is 12.3. The Morgan fingerprint density at radius 2 is 2.05 bits per heavy atom. The lowest BCUT2D eigenvalue weighted by molar-refractivity contribution is 0.517. The van der Waals surface area contributed by atoms with E-state index in [4.69, 9.17) is 0 Å². The molecule has 0 amide bonds. The van der Waals surface area contributed by atoms with Crippen LogP contribution in [0.15, 0.2) is 29.2 Å². The van der Waals surface area contributed by atoms with Crippen LogP contribution in [0.5, 0.6) is 0 Å². The number of sulfonamides is 1. The molecule has 2 N–H and O–H groups in total. The molecule has 0 saturated heterocycles. The van der Waals surface area contributed by atoms with E-state index in [9.17, 15) is 8.42 Å². The Morgan fingerprint density at radius 3 is 2.67 bits per heavy atom. The first-order valence-electron chi connectivity index (χ1n) is 7.89. The number of nitrogens with one attached hydrogen (secondary N) is 2. The predicted molar refractivity (Wildman–Crippen MR) is 85.7 cm³/mol. The van der Waals surface area contributed by atoms with Crippen molar-refractivity contribution in [3.8, 4) is 0 Å². The summed E-state index contributed by atoms with van der Waals surface area (Å²) in [4.78, 5) is 0.373. The highest BCUT2D eigenvalue weighted by atomic mass is 32.2. The second-order valence-corrected chi connectivity index (χ2v) is 7.55. The molecule has 2 rings (SSSR count). The van der Waals surface area contributed by atoms with Gasteiger partial charge in [0.25, 0.3) is 0 Å². The van der Waals surface area contributed by atoms with Crippen LogP contribution in [0.2, 0.25) is 0 Å². The summed E-state index contributed by atoms with van der Waals surface area (Å²) in [6.45, 7) is 5.75. The van der Waals surface area contributed by atoms with Gasteiger partial charge in [0.05, 0.1) is 4.90 Å². The van der Waals surface area contributed by atoms with Crippen LogP contribution in [0.1, 0.15) is 51.1 Å². The molecule has 1 aliphatic rings. The third kappa shape index (κ3) is 4.80. The molecule has 1 aromatic rings. The zero-order chi connectivity index (χ0) is 15.3. The third-order valence-corrected chi connectivity index (χ3v) is 5.30. The Balaban J connectivity index is 2.11. The highest BCUT2D eigenvalue weighted by Crippen LogP contribution is 2.28. The summed E-state index contributed by atoms with van der Waals surface area (Å²) in [5.41, 5.74) is 1.04. The average Bonchev–Trinajstić information content (AvgIpc) is 3.31. The summed E-state index contributed by atoms with van der Waals surface area (Å²) in [7, 11) is -3.38. The van der Waals surface area contributed by atoms with Gasteiger partial charge < -0.3 is 5.32 Å². The maximum Gasteiger partial charge on any atom is 0.240 e. The van der Waals surface area contributed by atoms with Crippen molar-refractivity contribution in [3.63, 3.8) is 0 Å².